The molecular formula is C30H31ClFN7O2S. The average Bonchev–Trinajstić information content (AvgIpc) is 3.57. The van der Waals surface area contributed by atoms with Crippen molar-refractivity contribution in [3.05, 3.63) is 88.4 Å². The summed E-state index contributed by atoms with van der Waals surface area (Å²) in [5.74, 6) is 3.67. The van der Waals surface area contributed by atoms with Crippen molar-refractivity contribution >= 4 is 39.0 Å². The summed E-state index contributed by atoms with van der Waals surface area (Å²) in [6, 6.07) is 9.00. The Morgan fingerprint density at radius 3 is 2.69 bits per heavy atom. The molecule has 0 N–H and O–H groups in total. The van der Waals surface area contributed by atoms with Crippen molar-refractivity contribution in [3.63, 3.8) is 0 Å². The minimum atomic E-state index is -3.01. The summed E-state index contributed by atoms with van der Waals surface area (Å²) in [6.45, 7) is 3.95. The molecule has 0 saturated heterocycles. The van der Waals surface area contributed by atoms with E-state index in [0.29, 0.717) is 35.7 Å². The zero-order valence-electron chi connectivity index (χ0n) is 23.6. The number of hydrogen-bond donors (Lipinski definition) is 0. The molecular weight excluding hydrogens is 577 g/mol. The number of rotatable bonds is 7. The molecule has 3 heterocycles. The van der Waals surface area contributed by atoms with E-state index in [1.54, 1.807) is 48.4 Å². The highest BCUT2D eigenvalue weighted by Crippen LogP contribution is 2.51. The van der Waals surface area contributed by atoms with Gasteiger partial charge in [-0.1, -0.05) is 22.4 Å². The lowest BCUT2D eigenvalue weighted by Crippen LogP contribution is -2.52. The van der Waals surface area contributed by atoms with Gasteiger partial charge in [0.15, 0.2) is 10.8 Å². The van der Waals surface area contributed by atoms with Gasteiger partial charge >= 0.3 is 0 Å². The predicted molar refractivity (Wildman–Crippen MR) is 160 cm³/mol. The van der Waals surface area contributed by atoms with E-state index < -0.39 is 15.1 Å². The molecule has 42 heavy (non-hydrogen) atoms. The molecule has 0 radical (unpaired) electrons. The lowest BCUT2D eigenvalue weighted by molar-refractivity contribution is 0.0726. The maximum atomic E-state index is 14.5. The first-order chi connectivity index (χ1) is 20.0. The number of fused-ring (bicyclic) bond motifs is 2. The topological polar surface area (TPSA) is 98.8 Å². The number of hydrogen-bond acceptors (Lipinski definition) is 6. The van der Waals surface area contributed by atoms with E-state index in [-0.39, 0.29) is 29.4 Å². The van der Waals surface area contributed by atoms with Crippen LogP contribution < -0.4 is 0 Å². The van der Waals surface area contributed by atoms with Crippen LogP contribution in [0.4, 0.5) is 4.39 Å². The largest absolute Gasteiger partial charge is 0.291 e. The molecule has 3 atom stereocenters. The van der Waals surface area contributed by atoms with Gasteiger partial charge in [0.25, 0.3) is 0 Å². The van der Waals surface area contributed by atoms with E-state index in [4.69, 9.17) is 11.6 Å². The molecule has 2 aliphatic carbocycles. The number of benzene rings is 1. The van der Waals surface area contributed by atoms with Crippen LogP contribution in [0.2, 0.25) is 5.02 Å². The van der Waals surface area contributed by atoms with Crippen molar-refractivity contribution in [1.29, 1.82) is 0 Å². The molecule has 3 aromatic heterocycles. The fourth-order valence-electron chi connectivity index (χ4n) is 6.45. The van der Waals surface area contributed by atoms with Crippen molar-refractivity contribution < 1.29 is 13.4 Å². The van der Waals surface area contributed by atoms with Gasteiger partial charge in [0.2, 0.25) is 0 Å². The van der Waals surface area contributed by atoms with E-state index in [1.165, 1.54) is 23.0 Å². The van der Waals surface area contributed by atoms with Crippen molar-refractivity contribution in [1.82, 2.24) is 34.1 Å². The lowest BCUT2D eigenvalue weighted by atomic mass is 9.60. The van der Waals surface area contributed by atoms with Crippen LogP contribution in [0.25, 0.3) is 11.8 Å². The summed E-state index contributed by atoms with van der Waals surface area (Å²) in [4.78, 5) is 18.9. The molecule has 1 saturated carbocycles. The molecule has 1 aromatic carbocycles. The minimum Gasteiger partial charge on any atom is -0.291 e. The zero-order valence-corrected chi connectivity index (χ0v) is 25.1. The highest BCUT2D eigenvalue weighted by Gasteiger charge is 2.51. The molecule has 4 aromatic rings. The van der Waals surface area contributed by atoms with Crippen LogP contribution in [0.3, 0.4) is 0 Å². The smallest absolute Gasteiger partial charge is 0.191 e. The maximum Gasteiger partial charge on any atom is 0.191 e. The first kappa shape index (κ1) is 28.4. The van der Waals surface area contributed by atoms with Gasteiger partial charge < -0.3 is 0 Å². The van der Waals surface area contributed by atoms with Crippen LogP contribution in [-0.2, 0) is 23.2 Å². The Kier molecular flexibility index (Phi) is 7.15. The summed E-state index contributed by atoms with van der Waals surface area (Å²) >= 11 is 6.30. The molecule has 0 bridgehead atoms. The average molecular weight is 608 g/mol. The number of Topliss-reactive ketones (excluding diaryl/α,β-unsaturated/α-hetero) is 1. The van der Waals surface area contributed by atoms with Gasteiger partial charge in [0.05, 0.1) is 38.9 Å². The van der Waals surface area contributed by atoms with Crippen LogP contribution in [0.5, 0.6) is 0 Å². The number of carbonyl (C=O) groups excluding carboxylic acids is 1. The molecule has 0 aliphatic heterocycles. The van der Waals surface area contributed by atoms with Gasteiger partial charge in [-0.15, -0.1) is 5.10 Å². The second-order valence-electron chi connectivity index (χ2n) is 11.3. The number of halogens is 2. The van der Waals surface area contributed by atoms with Crippen LogP contribution in [0.1, 0.15) is 54.9 Å². The van der Waals surface area contributed by atoms with Crippen molar-refractivity contribution in [2.24, 2.45) is 12.5 Å². The molecule has 218 valence electrons. The van der Waals surface area contributed by atoms with E-state index in [0.717, 1.165) is 22.5 Å². The molecule has 0 amide bonds. The molecule has 6 rings (SSSR count). The molecule has 0 spiro atoms. The highest BCUT2D eigenvalue weighted by atomic mass is 35.5. The molecule has 12 heteroatoms. The monoisotopic (exact) mass is 607 g/mol. The van der Waals surface area contributed by atoms with Gasteiger partial charge in [-0.2, -0.15) is 5.10 Å². The fourth-order valence-corrected chi connectivity index (χ4v) is 8.65. The Labute approximate surface area is 249 Å². The summed E-state index contributed by atoms with van der Waals surface area (Å²) in [5.41, 5.74) is 2.75. The first-order valence-corrected chi connectivity index (χ1v) is 15.8. The van der Waals surface area contributed by atoms with Crippen LogP contribution in [0, 0.1) is 11.2 Å². The quantitative estimate of drug-likeness (QED) is 0.218. The number of aromatic nitrogens is 6. The number of aryl methyl sites for hydroxylation is 1. The Bertz CT molecular complexity index is 1810. The van der Waals surface area contributed by atoms with Crippen molar-refractivity contribution in [3.8, 4) is 5.69 Å². The summed E-state index contributed by atoms with van der Waals surface area (Å²) in [5, 5.41) is 13.5. The summed E-state index contributed by atoms with van der Waals surface area (Å²) < 4.78 is 33.1. The van der Waals surface area contributed by atoms with Crippen molar-refractivity contribution in [2.45, 2.75) is 56.6 Å². The van der Waals surface area contributed by atoms with Crippen LogP contribution in [-0.4, -0.2) is 62.0 Å². The van der Waals surface area contributed by atoms with E-state index in [2.05, 4.69) is 26.3 Å². The van der Waals surface area contributed by atoms with E-state index in [1.807, 2.05) is 24.2 Å². The SMILES string of the molecule is C=S(=O)(c1cn(C)nn1)N(C(C)C)[C@H]1CCC2=Cc3c(cnn3-c3ccc(F)cc3)C[C@]2(C(=O)c2cc(Cl)ccn2)C1. The molecule has 2 aliphatic rings. The van der Waals surface area contributed by atoms with Gasteiger partial charge in [-0.3, -0.25) is 14.5 Å². The first-order valence-electron chi connectivity index (χ1n) is 13.7. The zero-order chi connectivity index (χ0) is 29.8. The number of pyridine rings is 1. The Hall–Kier alpha value is -3.67. The third kappa shape index (κ3) is 4.79. The third-order valence-electron chi connectivity index (χ3n) is 8.21. The van der Waals surface area contributed by atoms with Gasteiger partial charge in [0, 0.05) is 30.4 Å². The number of nitrogens with zero attached hydrogens (tertiary/aromatic N) is 7. The predicted octanol–water partition coefficient (Wildman–Crippen LogP) is 4.95. The van der Waals surface area contributed by atoms with Crippen LogP contribution in [0.15, 0.2) is 65.6 Å². The normalized spacial score (nSPS) is 21.5. The van der Waals surface area contributed by atoms with E-state index >= 15 is 0 Å². The second kappa shape index (κ2) is 10.6. The number of carbonyl (C=O) groups is 1. The number of ketones is 1. The second-order valence-corrected chi connectivity index (χ2v) is 13.8. The minimum absolute atomic E-state index is 0.139. The van der Waals surface area contributed by atoms with Crippen molar-refractivity contribution in [2.75, 3.05) is 0 Å². The highest BCUT2D eigenvalue weighted by molar-refractivity contribution is 7.98. The van der Waals surface area contributed by atoms with Gasteiger partial charge in [-0.05, 0) is 93.4 Å². The molecule has 1 unspecified atom stereocenters. The van der Waals surface area contributed by atoms with Gasteiger partial charge in [0.1, 0.15) is 11.5 Å². The molecule has 9 nitrogen and oxygen atoms in total. The Morgan fingerprint density at radius 2 is 2.02 bits per heavy atom. The summed E-state index contributed by atoms with van der Waals surface area (Å²) in [6.07, 6.45) is 9.00. The van der Waals surface area contributed by atoms with Crippen LogP contribution >= 0.6 is 11.6 Å². The standard InChI is InChI=1S/C30H31ClFN7O2S/c1-19(2)39(42(4,41)28-18-37(3)36-35-28)25-8-5-21-13-27-20(17-34-38(27)24-9-6-23(32)7-10-24)15-30(21,16-25)29(40)26-14-22(31)11-12-33-26/h6-7,9-14,17-19,25H,4-5,8,15-16H2,1-3H3/t25-,30-,42?/m0/s1. The third-order valence-corrected chi connectivity index (χ3v) is 10.7. The van der Waals surface area contributed by atoms with Gasteiger partial charge in [-0.25, -0.2) is 17.6 Å². The summed E-state index contributed by atoms with van der Waals surface area (Å²) in [7, 11) is -1.29. The lowest BCUT2D eigenvalue weighted by Gasteiger charge is -2.48. The fraction of sp³-hybridized carbons (Fsp3) is 0.333. The Morgan fingerprint density at radius 1 is 1.26 bits per heavy atom. The maximum absolute atomic E-state index is 14.5. The number of allylic oxidation sites excluding steroid dienone is 1. The van der Waals surface area contributed by atoms with E-state index in [9.17, 15) is 13.4 Å². The molecule has 1 fully saturated rings. The Balaban J connectivity index is 1.46.